The number of carbonyl (C=O) groups is 2. The number of anilines is 1. The second kappa shape index (κ2) is 10.1. The van der Waals surface area contributed by atoms with Crippen LogP contribution in [0.3, 0.4) is 0 Å². The van der Waals surface area contributed by atoms with Gasteiger partial charge >= 0.3 is 6.09 Å². The normalized spacial score (nSPS) is 15.6. The van der Waals surface area contributed by atoms with Gasteiger partial charge in [-0.1, -0.05) is 53.3 Å². The van der Waals surface area contributed by atoms with Gasteiger partial charge in [0.1, 0.15) is 15.4 Å². The number of para-hydroxylation sites is 1. The van der Waals surface area contributed by atoms with E-state index >= 15 is 0 Å². The number of hydrogen-bond donors (Lipinski definition) is 1. The lowest BCUT2D eigenvalue weighted by Crippen LogP contribution is -2.36. The number of aromatic nitrogens is 1. The lowest BCUT2D eigenvalue weighted by atomic mass is 10.0. The van der Waals surface area contributed by atoms with Crippen LogP contribution in [-0.4, -0.2) is 46.1 Å². The zero-order valence-electron chi connectivity index (χ0n) is 22.0. The van der Waals surface area contributed by atoms with Gasteiger partial charge in [-0.05, 0) is 58.4 Å². The lowest BCUT2D eigenvalue weighted by molar-refractivity contribution is 0.0293. The average Bonchev–Trinajstić information content (AvgIpc) is 3.48. The van der Waals surface area contributed by atoms with Crippen molar-refractivity contribution in [1.82, 2.24) is 9.47 Å². The molecule has 4 aromatic rings. The molecule has 8 heteroatoms. The summed E-state index contributed by atoms with van der Waals surface area (Å²) in [7, 11) is 0. The van der Waals surface area contributed by atoms with Crippen LogP contribution >= 0.6 is 11.3 Å². The molecule has 1 saturated heterocycles. The van der Waals surface area contributed by atoms with Gasteiger partial charge < -0.3 is 15.0 Å². The minimum Gasteiger partial charge on any atom is -0.444 e. The molecule has 2 aromatic heterocycles. The van der Waals surface area contributed by atoms with Gasteiger partial charge in [-0.15, -0.1) is 0 Å². The number of benzene rings is 2. The number of nitrogens with one attached hydrogen (secondary N) is 1. The number of hydrogen-bond acceptors (Lipinski definition) is 6. The summed E-state index contributed by atoms with van der Waals surface area (Å²) in [6.45, 7) is 8.54. The Morgan fingerprint density at radius 3 is 2.50 bits per heavy atom. The Morgan fingerprint density at radius 1 is 1.03 bits per heavy atom. The number of likely N-dealkylation sites (tertiary alicyclic amines) is 1. The number of fused-ring (bicyclic) bond motifs is 1. The Balaban J connectivity index is 1.57. The van der Waals surface area contributed by atoms with Crippen molar-refractivity contribution >= 4 is 38.4 Å². The molecule has 2 aromatic carbocycles. The van der Waals surface area contributed by atoms with Crippen LogP contribution in [0.2, 0.25) is 0 Å². The Labute approximate surface area is 225 Å². The van der Waals surface area contributed by atoms with E-state index in [1.165, 1.54) is 17.4 Å². The predicted molar refractivity (Wildman–Crippen MR) is 152 cm³/mol. The lowest BCUT2D eigenvalue weighted by Gasteiger charge is -2.24. The maximum atomic E-state index is 13.9. The van der Waals surface area contributed by atoms with Crippen LogP contribution in [0.4, 0.5) is 9.80 Å². The second-order valence-electron chi connectivity index (χ2n) is 10.6. The highest BCUT2D eigenvalue weighted by atomic mass is 32.1. The van der Waals surface area contributed by atoms with Crippen molar-refractivity contribution in [3.63, 3.8) is 0 Å². The number of ether oxygens (including phenoxy) is 1. The maximum Gasteiger partial charge on any atom is 0.410 e. The van der Waals surface area contributed by atoms with Gasteiger partial charge in [0, 0.05) is 36.1 Å². The third kappa shape index (κ3) is 5.22. The van der Waals surface area contributed by atoms with E-state index in [-0.39, 0.29) is 23.5 Å². The molecule has 0 unspecified atom stereocenters. The van der Waals surface area contributed by atoms with Crippen LogP contribution in [0.5, 0.6) is 0 Å². The van der Waals surface area contributed by atoms with Crippen molar-refractivity contribution in [2.75, 3.05) is 18.4 Å². The highest BCUT2D eigenvalue weighted by Gasteiger charge is 2.32. The molecule has 0 aliphatic carbocycles. The summed E-state index contributed by atoms with van der Waals surface area (Å²) in [4.78, 5) is 42.0. The molecule has 1 aliphatic rings. The van der Waals surface area contributed by atoms with Crippen LogP contribution in [0.1, 0.15) is 48.7 Å². The summed E-state index contributed by atoms with van der Waals surface area (Å²) in [5.74, 6) is -0.109. The smallest absolute Gasteiger partial charge is 0.410 e. The van der Waals surface area contributed by atoms with Gasteiger partial charge in [0.05, 0.1) is 11.3 Å². The number of ketones is 1. The predicted octanol–water partition coefficient (Wildman–Crippen LogP) is 6.01. The number of amides is 1. The first kappa shape index (κ1) is 25.7. The first-order valence-corrected chi connectivity index (χ1v) is 13.5. The topological polar surface area (TPSA) is 80.6 Å². The van der Waals surface area contributed by atoms with Gasteiger partial charge in [0.25, 0.3) is 5.56 Å². The molecule has 1 atom stereocenters. The second-order valence-corrected chi connectivity index (χ2v) is 11.6. The number of thiophene rings is 1. The van der Waals surface area contributed by atoms with E-state index in [9.17, 15) is 14.4 Å². The van der Waals surface area contributed by atoms with E-state index in [1.807, 2.05) is 82.3 Å². The van der Waals surface area contributed by atoms with Gasteiger partial charge in [0.2, 0.25) is 0 Å². The minimum atomic E-state index is -0.567. The minimum absolute atomic E-state index is 0.0588. The third-order valence-electron chi connectivity index (χ3n) is 6.44. The first-order valence-electron chi connectivity index (χ1n) is 12.7. The summed E-state index contributed by atoms with van der Waals surface area (Å²) in [5, 5.41) is 4.95. The molecule has 0 radical (unpaired) electrons. The highest BCUT2D eigenvalue weighted by molar-refractivity contribution is 7.23. The molecule has 3 heterocycles. The standard InChI is InChI=1S/C30H31N3O4S/c1-19-9-8-10-20(17-19)26(35)25-23-13-14-24(34)33(22-11-6-5-7-12-22)28(23)38-27(25)31-21-15-16-32(18-21)29(36)37-30(2,3)4/h5-14,17,21,31H,15-16,18H2,1-4H3/t21-/m0/s1. The summed E-state index contributed by atoms with van der Waals surface area (Å²) in [6.07, 6.45) is 0.379. The summed E-state index contributed by atoms with van der Waals surface area (Å²) >= 11 is 1.39. The molecule has 1 fully saturated rings. The van der Waals surface area contributed by atoms with Crippen molar-refractivity contribution in [2.45, 2.75) is 45.8 Å². The van der Waals surface area contributed by atoms with Crippen LogP contribution in [0, 0.1) is 6.92 Å². The van der Waals surface area contributed by atoms with Gasteiger partial charge in [0.15, 0.2) is 5.78 Å². The van der Waals surface area contributed by atoms with Crippen LogP contribution in [0.25, 0.3) is 15.9 Å². The molecule has 0 spiro atoms. The molecule has 7 nitrogen and oxygen atoms in total. The molecular formula is C30H31N3O4S. The van der Waals surface area contributed by atoms with Crippen LogP contribution < -0.4 is 10.9 Å². The summed E-state index contributed by atoms with van der Waals surface area (Å²) in [6, 6.07) is 20.2. The van der Waals surface area contributed by atoms with E-state index in [2.05, 4.69) is 5.32 Å². The molecule has 0 saturated carbocycles. The summed E-state index contributed by atoms with van der Waals surface area (Å²) in [5.41, 5.74) is 2.13. The molecule has 196 valence electrons. The van der Waals surface area contributed by atoms with Gasteiger partial charge in [-0.2, -0.15) is 0 Å². The Kier molecular flexibility index (Phi) is 6.84. The Hall–Kier alpha value is -3.91. The van der Waals surface area contributed by atoms with E-state index in [0.717, 1.165) is 23.1 Å². The van der Waals surface area contributed by atoms with Crippen molar-refractivity contribution in [3.8, 4) is 5.69 Å². The Bertz CT molecular complexity index is 1570. The number of aryl methyl sites for hydroxylation is 1. The Morgan fingerprint density at radius 2 is 1.79 bits per heavy atom. The van der Waals surface area contributed by atoms with E-state index in [1.54, 1.807) is 15.5 Å². The van der Waals surface area contributed by atoms with Crippen molar-refractivity contribution < 1.29 is 14.3 Å². The molecule has 1 N–H and O–H groups in total. The quantitative estimate of drug-likeness (QED) is 0.320. The maximum absolute atomic E-state index is 13.9. The van der Waals surface area contributed by atoms with Crippen molar-refractivity contribution in [1.29, 1.82) is 0 Å². The number of rotatable bonds is 5. The van der Waals surface area contributed by atoms with E-state index < -0.39 is 5.60 Å². The van der Waals surface area contributed by atoms with Crippen molar-refractivity contribution in [3.05, 3.63) is 93.8 Å². The molecule has 1 amide bonds. The number of nitrogens with zero attached hydrogens (tertiary/aromatic N) is 2. The SMILES string of the molecule is Cc1cccc(C(=O)c2c(N[C@H]3CCN(C(=O)OC(C)(C)C)C3)sc3c2ccc(=O)n3-c2ccccc2)c1. The van der Waals surface area contributed by atoms with Crippen LogP contribution in [-0.2, 0) is 4.74 Å². The number of pyridine rings is 1. The molecule has 0 bridgehead atoms. The fourth-order valence-corrected chi connectivity index (χ4v) is 6.01. The van der Waals surface area contributed by atoms with E-state index in [4.69, 9.17) is 4.74 Å². The van der Waals surface area contributed by atoms with Gasteiger partial charge in [-0.25, -0.2) is 4.79 Å². The van der Waals surface area contributed by atoms with Gasteiger partial charge in [-0.3, -0.25) is 14.2 Å². The fraction of sp³-hybridized carbons (Fsp3) is 0.300. The zero-order valence-corrected chi connectivity index (χ0v) is 22.8. The largest absolute Gasteiger partial charge is 0.444 e. The number of carbonyl (C=O) groups excluding carboxylic acids is 2. The third-order valence-corrected chi connectivity index (χ3v) is 7.56. The molecule has 1 aliphatic heterocycles. The average molecular weight is 530 g/mol. The highest BCUT2D eigenvalue weighted by Crippen LogP contribution is 2.38. The van der Waals surface area contributed by atoms with Crippen LogP contribution in [0.15, 0.2) is 71.5 Å². The monoisotopic (exact) mass is 529 g/mol. The molecular weight excluding hydrogens is 498 g/mol. The molecule has 5 rings (SSSR count). The summed E-state index contributed by atoms with van der Waals surface area (Å²) < 4.78 is 7.20. The first-order chi connectivity index (χ1) is 18.1. The van der Waals surface area contributed by atoms with Crippen molar-refractivity contribution in [2.24, 2.45) is 0 Å². The molecule has 38 heavy (non-hydrogen) atoms. The zero-order chi connectivity index (χ0) is 27.0. The fourth-order valence-electron chi connectivity index (χ4n) is 4.72. The van der Waals surface area contributed by atoms with E-state index in [0.29, 0.717) is 34.0 Å².